The van der Waals surface area contributed by atoms with Gasteiger partial charge in [0, 0.05) is 0 Å². The third kappa shape index (κ3) is 5.07. The highest BCUT2D eigenvalue weighted by Gasteiger charge is 2.58. The minimum absolute atomic E-state index is 1.46. The lowest BCUT2D eigenvalue weighted by molar-refractivity contribution is 0.572. The standard InChI is InChI=1S/C4H6Cl8OSi2/c1-14(11,3(5,6)7)13-15(2,12)4(8,9)10/h1-2H3. The first-order valence-corrected chi connectivity index (χ1v) is 12.5. The van der Waals surface area contributed by atoms with Gasteiger partial charge < -0.3 is 4.12 Å². The minimum atomic E-state index is -3.21. The Morgan fingerprint density at radius 1 is 0.733 bits per heavy atom. The molecular weight excluding hydrogens is 404 g/mol. The summed E-state index contributed by atoms with van der Waals surface area (Å²) in [6.45, 7) is 2.93. The van der Waals surface area contributed by atoms with Crippen LogP contribution in [-0.4, -0.2) is 22.1 Å². The normalized spacial score (nSPS) is 22.0. The van der Waals surface area contributed by atoms with E-state index >= 15 is 0 Å². The Kier molecular flexibility index (Phi) is 6.35. The van der Waals surface area contributed by atoms with Crippen LogP contribution in [0.3, 0.4) is 0 Å². The van der Waals surface area contributed by atoms with Gasteiger partial charge in [-0.05, 0) is 13.1 Å². The van der Waals surface area contributed by atoms with E-state index in [2.05, 4.69) is 0 Å². The second-order valence-electron chi connectivity index (χ2n) is 2.93. The van der Waals surface area contributed by atoms with Crippen molar-refractivity contribution in [2.45, 2.75) is 19.9 Å². The molecule has 0 saturated carbocycles. The van der Waals surface area contributed by atoms with Crippen molar-refractivity contribution in [1.29, 1.82) is 0 Å². The molecule has 0 fully saturated rings. The molecule has 0 rings (SSSR count). The molecule has 0 aromatic heterocycles. The summed E-state index contributed by atoms with van der Waals surface area (Å²) in [7, 11) is -6.41. The lowest BCUT2D eigenvalue weighted by Gasteiger charge is -2.36. The molecule has 0 aromatic carbocycles. The fourth-order valence-corrected chi connectivity index (χ4v) is 9.50. The van der Waals surface area contributed by atoms with Crippen molar-refractivity contribution in [3.05, 3.63) is 0 Å². The maximum absolute atomic E-state index is 6.00. The highest BCUT2D eigenvalue weighted by molar-refractivity contribution is 7.35. The van der Waals surface area contributed by atoms with E-state index < -0.39 is 22.1 Å². The Morgan fingerprint density at radius 3 is 1.07 bits per heavy atom. The predicted molar refractivity (Wildman–Crippen MR) is 76.6 cm³/mol. The Bertz CT molecular complexity index is 206. The summed E-state index contributed by atoms with van der Waals surface area (Å²) in [5, 5.41) is 0. The van der Waals surface area contributed by atoms with Gasteiger partial charge in [0.1, 0.15) is 0 Å². The van der Waals surface area contributed by atoms with Gasteiger partial charge in [-0.25, -0.2) is 0 Å². The van der Waals surface area contributed by atoms with Gasteiger partial charge in [0.05, 0.1) is 0 Å². The van der Waals surface area contributed by atoms with Gasteiger partial charge >= 0.3 is 15.3 Å². The number of hydrogen-bond acceptors (Lipinski definition) is 1. The Labute approximate surface area is 130 Å². The molecule has 0 bridgehead atoms. The van der Waals surface area contributed by atoms with Crippen LogP contribution in [-0.2, 0) is 4.12 Å². The first kappa shape index (κ1) is 17.7. The summed E-state index contributed by atoms with van der Waals surface area (Å²) in [4.78, 5) is 0. The maximum Gasteiger partial charge on any atom is 0.330 e. The monoisotopic (exact) mass is 406 g/mol. The van der Waals surface area contributed by atoms with Crippen LogP contribution in [0.4, 0.5) is 0 Å². The van der Waals surface area contributed by atoms with Gasteiger partial charge in [0.15, 0.2) is 0 Å². The molecule has 0 amide bonds. The summed E-state index contributed by atoms with van der Waals surface area (Å²) in [6, 6.07) is 0. The van der Waals surface area contributed by atoms with Crippen LogP contribution in [0.25, 0.3) is 0 Å². The molecule has 0 N–H and O–H groups in total. The number of halogens is 8. The SMILES string of the molecule is C[Si](Cl)(O[Si](C)(Cl)C(Cl)(Cl)Cl)C(Cl)(Cl)Cl. The van der Waals surface area contributed by atoms with E-state index in [0.717, 1.165) is 0 Å². The average Bonchev–Trinajstić information content (AvgIpc) is 1.77. The summed E-state index contributed by atoms with van der Waals surface area (Å²) >= 11 is 45.9. The summed E-state index contributed by atoms with van der Waals surface area (Å²) in [5.41, 5.74) is 0. The van der Waals surface area contributed by atoms with Crippen molar-refractivity contribution in [3.8, 4) is 0 Å². The molecule has 92 valence electrons. The quantitative estimate of drug-likeness (QED) is 0.335. The van der Waals surface area contributed by atoms with Gasteiger partial charge in [-0.1, -0.05) is 69.6 Å². The molecule has 1 nitrogen and oxygen atoms in total. The second-order valence-corrected chi connectivity index (χ2v) is 19.7. The van der Waals surface area contributed by atoms with Crippen LogP contribution in [0.5, 0.6) is 0 Å². The maximum atomic E-state index is 6.00. The van der Waals surface area contributed by atoms with E-state index in [4.69, 9.17) is 95.9 Å². The van der Waals surface area contributed by atoms with Crippen LogP contribution in [0.1, 0.15) is 0 Å². The first-order valence-electron chi connectivity index (χ1n) is 3.42. The predicted octanol–water partition coefficient (Wildman–Crippen LogP) is 5.44. The zero-order chi connectivity index (χ0) is 12.7. The van der Waals surface area contributed by atoms with Crippen molar-refractivity contribution in [1.82, 2.24) is 0 Å². The van der Waals surface area contributed by atoms with Gasteiger partial charge in [0.25, 0.3) is 0 Å². The topological polar surface area (TPSA) is 9.23 Å². The van der Waals surface area contributed by atoms with Crippen molar-refractivity contribution >= 4 is 107 Å². The fourth-order valence-electron chi connectivity index (χ4n) is 0.476. The van der Waals surface area contributed by atoms with Gasteiger partial charge in [-0.15, -0.1) is 22.2 Å². The van der Waals surface area contributed by atoms with E-state index in [0.29, 0.717) is 0 Å². The van der Waals surface area contributed by atoms with Crippen molar-refractivity contribution in [2.75, 3.05) is 0 Å². The molecular formula is C4H6Cl8OSi2. The fraction of sp³-hybridized carbons (Fsp3) is 1.00. The number of alkyl halides is 6. The van der Waals surface area contributed by atoms with E-state index in [1.165, 1.54) is 13.1 Å². The molecule has 2 unspecified atom stereocenters. The third-order valence-corrected chi connectivity index (χ3v) is 17.8. The molecule has 0 saturated heterocycles. The Hall–Kier alpha value is 2.71. The molecule has 0 radical (unpaired) electrons. The molecule has 0 spiro atoms. The van der Waals surface area contributed by atoms with Crippen LogP contribution in [0.2, 0.25) is 13.1 Å². The van der Waals surface area contributed by atoms with E-state index in [1.807, 2.05) is 0 Å². The molecule has 0 aliphatic heterocycles. The smallest absolute Gasteiger partial charge is 0.330 e. The van der Waals surface area contributed by atoms with Crippen LogP contribution in [0.15, 0.2) is 0 Å². The van der Waals surface area contributed by atoms with E-state index in [1.54, 1.807) is 0 Å². The first-order chi connectivity index (χ1) is 6.21. The Balaban J connectivity index is 4.89. The number of rotatable bonds is 2. The summed E-state index contributed by atoms with van der Waals surface area (Å²) < 4.78 is 1.86. The molecule has 0 aliphatic rings. The Morgan fingerprint density at radius 2 is 0.933 bits per heavy atom. The largest absolute Gasteiger partial charge is 0.428 e. The van der Waals surface area contributed by atoms with Gasteiger partial charge in [-0.2, -0.15) is 0 Å². The second kappa shape index (κ2) is 5.37. The third-order valence-electron chi connectivity index (χ3n) is 1.40. The summed E-state index contributed by atoms with van der Waals surface area (Å²) in [5.74, 6) is 0. The molecule has 0 aromatic rings. The number of hydrogen-bond donors (Lipinski definition) is 0. The van der Waals surface area contributed by atoms with E-state index in [9.17, 15) is 0 Å². The molecule has 2 atom stereocenters. The minimum Gasteiger partial charge on any atom is -0.428 e. The van der Waals surface area contributed by atoms with Crippen molar-refractivity contribution in [3.63, 3.8) is 0 Å². The lowest BCUT2D eigenvalue weighted by atomic mass is 11.8. The van der Waals surface area contributed by atoms with Crippen molar-refractivity contribution < 1.29 is 4.12 Å². The summed E-state index contributed by atoms with van der Waals surface area (Å²) in [6.07, 6.45) is 0. The van der Waals surface area contributed by atoms with Crippen LogP contribution >= 0.6 is 91.8 Å². The molecule has 11 heteroatoms. The van der Waals surface area contributed by atoms with Crippen LogP contribution < -0.4 is 0 Å². The lowest BCUT2D eigenvalue weighted by Crippen LogP contribution is -2.55. The van der Waals surface area contributed by atoms with Crippen molar-refractivity contribution in [2.24, 2.45) is 0 Å². The zero-order valence-electron chi connectivity index (χ0n) is 7.43. The van der Waals surface area contributed by atoms with Gasteiger partial charge in [-0.3, -0.25) is 0 Å². The average molecular weight is 410 g/mol. The highest BCUT2D eigenvalue weighted by Crippen LogP contribution is 2.47. The van der Waals surface area contributed by atoms with Gasteiger partial charge in [0.2, 0.25) is 6.83 Å². The zero-order valence-corrected chi connectivity index (χ0v) is 15.5. The van der Waals surface area contributed by atoms with E-state index in [-0.39, 0.29) is 0 Å². The molecule has 0 aliphatic carbocycles. The highest BCUT2D eigenvalue weighted by atomic mass is 35.6. The molecule has 0 heterocycles. The molecule has 15 heavy (non-hydrogen) atoms. The van der Waals surface area contributed by atoms with Crippen LogP contribution in [0, 0.1) is 0 Å².